The minimum absolute atomic E-state index is 0.0628. The van der Waals surface area contributed by atoms with Crippen LogP contribution in [-0.2, 0) is 16.1 Å². The molecule has 1 aliphatic heterocycles. The van der Waals surface area contributed by atoms with Crippen molar-refractivity contribution in [2.24, 2.45) is 0 Å². The molecular weight excluding hydrogens is 431 g/mol. The normalized spacial score (nSPS) is 15.8. The van der Waals surface area contributed by atoms with E-state index >= 15 is 0 Å². The van der Waals surface area contributed by atoms with Gasteiger partial charge in [0.15, 0.2) is 0 Å². The predicted octanol–water partition coefficient (Wildman–Crippen LogP) is 4.76. The van der Waals surface area contributed by atoms with Crippen molar-refractivity contribution in [3.8, 4) is 0 Å². The Bertz CT molecular complexity index is 1180. The first-order valence-electron chi connectivity index (χ1n) is 10.1. The highest BCUT2D eigenvalue weighted by Gasteiger charge is 2.44. The lowest BCUT2D eigenvalue weighted by atomic mass is 10.1. The van der Waals surface area contributed by atoms with E-state index in [1.165, 1.54) is 29.2 Å². The second-order valence-corrected chi connectivity index (χ2v) is 8.06. The van der Waals surface area contributed by atoms with Crippen molar-refractivity contribution in [2.45, 2.75) is 25.9 Å². The van der Waals surface area contributed by atoms with Gasteiger partial charge in [0.2, 0.25) is 5.91 Å². The first kappa shape index (κ1) is 21.7. The molecule has 1 fully saturated rings. The minimum atomic E-state index is -1.00. The lowest BCUT2D eigenvalue weighted by Crippen LogP contribution is -2.45. The molecule has 0 radical (unpaired) electrons. The zero-order chi connectivity index (χ0) is 22.8. The number of amides is 3. The monoisotopic (exact) mass is 450 g/mol. The van der Waals surface area contributed by atoms with Crippen LogP contribution in [0.25, 0.3) is 0 Å². The highest BCUT2D eigenvalue weighted by atomic mass is 35.5. The molecule has 162 valence electrons. The number of hydrogen-bond acceptors (Lipinski definition) is 3. The number of nitrogens with zero attached hydrogens (tertiary/aromatic N) is 2. The van der Waals surface area contributed by atoms with Crippen LogP contribution < -0.4 is 4.90 Å². The van der Waals surface area contributed by atoms with Crippen LogP contribution in [-0.4, -0.2) is 28.7 Å². The molecule has 0 N–H and O–H groups in total. The number of carbonyl (C=O) groups excluding carboxylic acids is 3. The Morgan fingerprint density at radius 3 is 2.34 bits per heavy atom. The van der Waals surface area contributed by atoms with Crippen molar-refractivity contribution in [2.75, 3.05) is 4.90 Å². The van der Waals surface area contributed by atoms with Crippen LogP contribution in [0.2, 0.25) is 5.02 Å². The van der Waals surface area contributed by atoms with Crippen molar-refractivity contribution in [3.05, 3.63) is 100 Å². The predicted molar refractivity (Wildman–Crippen MR) is 120 cm³/mol. The van der Waals surface area contributed by atoms with Crippen LogP contribution in [0, 0.1) is 12.7 Å². The SMILES string of the molecule is Cc1ccc(C(=O)N(Cc2ccccc2Cl)C2CC(=O)N(c3ccc(F)cc3)C2=O)cc1. The summed E-state index contributed by atoms with van der Waals surface area (Å²) in [6, 6.07) is 18.2. The van der Waals surface area contributed by atoms with E-state index in [1.54, 1.807) is 36.4 Å². The van der Waals surface area contributed by atoms with Crippen molar-refractivity contribution >= 4 is 35.0 Å². The van der Waals surface area contributed by atoms with Gasteiger partial charge in [0.1, 0.15) is 11.9 Å². The third-order valence-electron chi connectivity index (χ3n) is 5.44. The molecule has 3 aromatic carbocycles. The third kappa shape index (κ3) is 4.27. The van der Waals surface area contributed by atoms with Crippen LogP contribution in [0.5, 0.6) is 0 Å². The first-order chi connectivity index (χ1) is 15.3. The maximum atomic E-state index is 13.5. The summed E-state index contributed by atoms with van der Waals surface area (Å²) in [4.78, 5) is 41.9. The fourth-order valence-corrected chi connectivity index (χ4v) is 3.91. The number of anilines is 1. The average Bonchev–Trinajstić information content (AvgIpc) is 3.07. The number of hydrogen-bond donors (Lipinski definition) is 0. The van der Waals surface area contributed by atoms with Gasteiger partial charge in [0, 0.05) is 17.1 Å². The summed E-state index contributed by atoms with van der Waals surface area (Å²) in [6.45, 7) is 1.98. The molecule has 0 aliphatic carbocycles. The molecule has 4 rings (SSSR count). The fourth-order valence-electron chi connectivity index (χ4n) is 3.72. The largest absolute Gasteiger partial charge is 0.322 e. The molecule has 7 heteroatoms. The lowest BCUT2D eigenvalue weighted by Gasteiger charge is -2.28. The zero-order valence-electron chi connectivity index (χ0n) is 17.3. The maximum absolute atomic E-state index is 13.5. The summed E-state index contributed by atoms with van der Waals surface area (Å²) >= 11 is 6.32. The van der Waals surface area contributed by atoms with E-state index in [0.717, 1.165) is 10.5 Å². The van der Waals surface area contributed by atoms with Gasteiger partial charge in [-0.3, -0.25) is 14.4 Å². The number of aryl methyl sites for hydroxylation is 1. The van der Waals surface area contributed by atoms with Gasteiger partial charge in [-0.15, -0.1) is 0 Å². The summed E-state index contributed by atoms with van der Waals surface area (Å²) in [6.07, 6.45) is -0.168. The number of imide groups is 1. The molecule has 0 bridgehead atoms. The van der Waals surface area contributed by atoms with E-state index in [4.69, 9.17) is 11.6 Å². The Balaban J connectivity index is 1.70. The highest BCUT2D eigenvalue weighted by Crippen LogP contribution is 2.29. The molecule has 1 unspecified atom stereocenters. The van der Waals surface area contributed by atoms with Crippen LogP contribution in [0.1, 0.15) is 27.9 Å². The van der Waals surface area contributed by atoms with E-state index in [-0.39, 0.29) is 24.6 Å². The minimum Gasteiger partial charge on any atom is -0.322 e. The standard InChI is InChI=1S/C25H20ClFN2O3/c1-16-6-8-17(9-7-16)24(31)28(15-18-4-2-3-5-21(18)26)22-14-23(30)29(25(22)32)20-12-10-19(27)11-13-20/h2-13,22H,14-15H2,1H3. The molecule has 3 amide bonds. The number of rotatable bonds is 5. The highest BCUT2D eigenvalue weighted by molar-refractivity contribution is 6.31. The Labute approximate surface area is 190 Å². The number of carbonyl (C=O) groups is 3. The molecule has 0 spiro atoms. The maximum Gasteiger partial charge on any atom is 0.257 e. The first-order valence-corrected chi connectivity index (χ1v) is 10.5. The van der Waals surface area contributed by atoms with Crippen molar-refractivity contribution in [1.29, 1.82) is 0 Å². The summed E-state index contributed by atoms with van der Waals surface area (Å²) in [7, 11) is 0. The van der Waals surface area contributed by atoms with Crippen molar-refractivity contribution < 1.29 is 18.8 Å². The van der Waals surface area contributed by atoms with Gasteiger partial charge in [-0.1, -0.05) is 47.5 Å². The van der Waals surface area contributed by atoms with Gasteiger partial charge in [-0.25, -0.2) is 9.29 Å². The molecule has 5 nitrogen and oxygen atoms in total. The van der Waals surface area contributed by atoms with Crippen LogP contribution in [0.3, 0.4) is 0 Å². The van der Waals surface area contributed by atoms with Gasteiger partial charge in [0.05, 0.1) is 12.1 Å². The van der Waals surface area contributed by atoms with Gasteiger partial charge < -0.3 is 4.90 Å². The fraction of sp³-hybridized carbons (Fsp3) is 0.160. The summed E-state index contributed by atoms with van der Waals surface area (Å²) in [5.41, 5.74) is 2.33. The molecule has 1 aliphatic rings. The van der Waals surface area contributed by atoms with Crippen LogP contribution in [0.4, 0.5) is 10.1 Å². The molecule has 0 saturated carbocycles. The zero-order valence-corrected chi connectivity index (χ0v) is 18.1. The molecule has 3 aromatic rings. The van der Waals surface area contributed by atoms with Crippen LogP contribution in [0.15, 0.2) is 72.8 Å². The summed E-state index contributed by atoms with van der Waals surface area (Å²) in [5, 5.41) is 0.460. The molecule has 1 saturated heterocycles. The quantitative estimate of drug-likeness (QED) is 0.526. The molecule has 32 heavy (non-hydrogen) atoms. The topological polar surface area (TPSA) is 57.7 Å². The molecular formula is C25H20ClFN2O3. The van der Waals surface area contributed by atoms with Gasteiger partial charge in [-0.2, -0.15) is 0 Å². The van der Waals surface area contributed by atoms with Gasteiger partial charge >= 0.3 is 0 Å². The van der Waals surface area contributed by atoms with Crippen molar-refractivity contribution in [3.63, 3.8) is 0 Å². The Morgan fingerprint density at radius 1 is 1.03 bits per heavy atom. The molecule has 1 heterocycles. The van der Waals surface area contributed by atoms with Gasteiger partial charge in [0.25, 0.3) is 11.8 Å². The Morgan fingerprint density at radius 2 is 1.69 bits per heavy atom. The van der Waals surface area contributed by atoms with Crippen LogP contribution >= 0.6 is 11.6 Å². The Hall–Kier alpha value is -3.51. The van der Waals surface area contributed by atoms with E-state index in [1.807, 2.05) is 19.1 Å². The van der Waals surface area contributed by atoms with Gasteiger partial charge in [-0.05, 0) is 55.0 Å². The number of halogens is 2. The third-order valence-corrected chi connectivity index (χ3v) is 5.81. The molecule has 1 atom stereocenters. The van der Waals surface area contributed by atoms with Crippen molar-refractivity contribution in [1.82, 2.24) is 4.90 Å². The lowest BCUT2D eigenvalue weighted by molar-refractivity contribution is -0.122. The van der Waals surface area contributed by atoms with E-state index < -0.39 is 23.7 Å². The van der Waals surface area contributed by atoms with E-state index in [9.17, 15) is 18.8 Å². The van der Waals surface area contributed by atoms with E-state index in [2.05, 4.69) is 0 Å². The summed E-state index contributed by atoms with van der Waals surface area (Å²) in [5.74, 6) is -1.84. The number of benzene rings is 3. The summed E-state index contributed by atoms with van der Waals surface area (Å²) < 4.78 is 13.3. The Kier molecular flexibility index (Phi) is 6.06. The molecule has 0 aromatic heterocycles. The second-order valence-electron chi connectivity index (χ2n) is 7.65. The second kappa shape index (κ2) is 8.93. The smallest absolute Gasteiger partial charge is 0.257 e. The average molecular weight is 451 g/mol. The van der Waals surface area contributed by atoms with E-state index in [0.29, 0.717) is 16.1 Å².